The van der Waals surface area contributed by atoms with Crippen molar-refractivity contribution in [3.63, 3.8) is 0 Å². The quantitative estimate of drug-likeness (QED) is 0.772. The highest BCUT2D eigenvalue weighted by atomic mass is 79.9. The van der Waals surface area contributed by atoms with Crippen molar-refractivity contribution in [2.45, 2.75) is 0 Å². The summed E-state index contributed by atoms with van der Waals surface area (Å²) in [7, 11) is 0. The van der Waals surface area contributed by atoms with Crippen molar-refractivity contribution in [2.75, 3.05) is 0 Å². The molecule has 0 aliphatic rings. The summed E-state index contributed by atoms with van der Waals surface area (Å²) in [6.07, 6.45) is 0. The van der Waals surface area contributed by atoms with E-state index in [-0.39, 0.29) is 0 Å². The highest BCUT2D eigenvalue weighted by Crippen LogP contribution is 2.51. The molecule has 2 aromatic rings. The minimum absolute atomic E-state index is 0.830. The largest absolute Gasteiger partial charge is 0.302 e. The minimum Gasteiger partial charge on any atom is -0.302 e. The summed E-state index contributed by atoms with van der Waals surface area (Å²) in [4.78, 5) is 0. The van der Waals surface area contributed by atoms with Gasteiger partial charge in [-0.2, -0.15) is 0 Å². The van der Waals surface area contributed by atoms with E-state index >= 15 is 0 Å². The van der Waals surface area contributed by atoms with E-state index in [9.17, 15) is 4.57 Å². The number of hydrogen-bond acceptors (Lipinski definition) is 1. The van der Waals surface area contributed by atoms with Gasteiger partial charge >= 0.3 is 0 Å². The topological polar surface area (TPSA) is 17.1 Å². The Bertz CT molecular complexity index is 438. The average molecular weight is 281 g/mol. The van der Waals surface area contributed by atoms with Gasteiger partial charge < -0.3 is 4.57 Å². The molecule has 0 spiro atoms. The molecule has 0 unspecified atom stereocenters. The Hall–Kier alpha value is -0.850. The van der Waals surface area contributed by atoms with E-state index < -0.39 is 5.84 Å². The molecule has 0 aromatic heterocycles. The van der Waals surface area contributed by atoms with E-state index in [0.29, 0.717) is 0 Å². The van der Waals surface area contributed by atoms with E-state index in [1.165, 1.54) is 0 Å². The smallest absolute Gasteiger partial charge is 0.203 e. The molecule has 2 rings (SSSR count). The average Bonchev–Trinajstić information content (AvgIpc) is 2.31. The predicted octanol–water partition coefficient (Wildman–Crippen LogP) is 3.31. The highest BCUT2D eigenvalue weighted by Gasteiger charge is 2.22. The molecule has 1 nitrogen and oxygen atoms in total. The first-order valence-electron chi connectivity index (χ1n) is 4.62. The van der Waals surface area contributed by atoms with Crippen LogP contribution < -0.4 is 10.6 Å². The van der Waals surface area contributed by atoms with Crippen LogP contribution in [-0.2, 0) is 4.57 Å². The summed E-state index contributed by atoms with van der Waals surface area (Å²) in [6.45, 7) is 0. The number of hydrogen-bond donors (Lipinski definition) is 0. The molecule has 76 valence electrons. The first-order valence-corrected chi connectivity index (χ1v) is 8.35. The lowest BCUT2D eigenvalue weighted by molar-refractivity contribution is 0.596. The second kappa shape index (κ2) is 4.34. The van der Waals surface area contributed by atoms with Crippen LogP contribution in [0.5, 0.6) is 0 Å². The van der Waals surface area contributed by atoms with Crippen molar-refractivity contribution in [1.29, 1.82) is 0 Å². The molecule has 0 heterocycles. The van der Waals surface area contributed by atoms with Crippen LogP contribution in [0.3, 0.4) is 0 Å². The van der Waals surface area contributed by atoms with Crippen LogP contribution in [0.15, 0.2) is 60.7 Å². The first-order chi connectivity index (χ1) is 7.21. The standard InChI is InChI=1S/C12H10BrOP/c13-15(14,11-7-3-1-4-8-11)12-9-5-2-6-10-12/h1-10H. The van der Waals surface area contributed by atoms with Crippen molar-refractivity contribution in [3.8, 4) is 0 Å². The molecule has 0 radical (unpaired) electrons. The Labute approximate surface area is 97.3 Å². The molecule has 15 heavy (non-hydrogen) atoms. The zero-order chi connectivity index (χ0) is 10.7. The molecule has 3 heteroatoms. The number of halogens is 1. The van der Waals surface area contributed by atoms with E-state index in [1.54, 1.807) is 0 Å². The molecule has 0 saturated heterocycles. The molecule has 0 aliphatic heterocycles. The molecule has 0 amide bonds. The molecular weight excluding hydrogens is 271 g/mol. The van der Waals surface area contributed by atoms with Gasteiger partial charge in [0.1, 0.15) is 0 Å². The SMILES string of the molecule is O=P(Br)(c1ccccc1)c1ccccc1. The van der Waals surface area contributed by atoms with Gasteiger partial charge in [0, 0.05) is 10.6 Å². The van der Waals surface area contributed by atoms with Crippen molar-refractivity contribution < 1.29 is 4.57 Å². The van der Waals surface area contributed by atoms with Crippen molar-refractivity contribution in [1.82, 2.24) is 0 Å². The molecule has 0 aliphatic carbocycles. The second-order valence-electron chi connectivity index (χ2n) is 3.20. The summed E-state index contributed by atoms with van der Waals surface area (Å²) < 4.78 is 12.5. The Morgan fingerprint density at radius 1 is 0.733 bits per heavy atom. The fourth-order valence-electron chi connectivity index (χ4n) is 1.39. The lowest BCUT2D eigenvalue weighted by atomic mass is 10.4. The second-order valence-corrected chi connectivity index (χ2v) is 8.30. The zero-order valence-electron chi connectivity index (χ0n) is 8.01. The first kappa shape index (κ1) is 10.7. The Morgan fingerprint density at radius 2 is 1.07 bits per heavy atom. The van der Waals surface area contributed by atoms with Gasteiger partial charge in [0.05, 0.1) is 0 Å². The maximum atomic E-state index is 12.5. The lowest BCUT2D eigenvalue weighted by Gasteiger charge is -2.10. The highest BCUT2D eigenvalue weighted by molar-refractivity contribution is 9.42. The summed E-state index contributed by atoms with van der Waals surface area (Å²) in [5.41, 5.74) is 0. The molecular formula is C12H10BrOP. The van der Waals surface area contributed by atoms with Gasteiger partial charge in [0.2, 0.25) is 5.84 Å². The Morgan fingerprint density at radius 3 is 1.40 bits per heavy atom. The monoisotopic (exact) mass is 280 g/mol. The third-order valence-corrected chi connectivity index (χ3v) is 6.56. The normalized spacial score (nSPS) is 11.3. The third kappa shape index (κ3) is 2.22. The van der Waals surface area contributed by atoms with Crippen LogP contribution in [0.1, 0.15) is 0 Å². The van der Waals surface area contributed by atoms with Crippen LogP contribution in [0.4, 0.5) is 0 Å². The van der Waals surface area contributed by atoms with E-state index in [2.05, 4.69) is 15.5 Å². The maximum absolute atomic E-state index is 12.5. The molecule has 0 saturated carbocycles. The van der Waals surface area contributed by atoms with Crippen molar-refractivity contribution in [2.24, 2.45) is 0 Å². The molecule has 2 aromatic carbocycles. The van der Waals surface area contributed by atoms with Crippen LogP contribution in [0.25, 0.3) is 0 Å². The van der Waals surface area contributed by atoms with Crippen LogP contribution >= 0.6 is 21.3 Å². The van der Waals surface area contributed by atoms with Crippen molar-refractivity contribution in [3.05, 3.63) is 60.7 Å². The molecule has 0 fully saturated rings. The van der Waals surface area contributed by atoms with Crippen LogP contribution in [-0.4, -0.2) is 0 Å². The fraction of sp³-hybridized carbons (Fsp3) is 0. The van der Waals surface area contributed by atoms with Gasteiger partial charge in [-0.1, -0.05) is 60.7 Å². The summed E-state index contributed by atoms with van der Waals surface area (Å²) in [6, 6.07) is 18.9. The minimum atomic E-state index is -2.58. The summed E-state index contributed by atoms with van der Waals surface area (Å²) in [5.74, 6) is -2.58. The third-order valence-electron chi connectivity index (χ3n) is 2.18. The molecule has 0 atom stereocenters. The van der Waals surface area contributed by atoms with Gasteiger partial charge in [-0.3, -0.25) is 0 Å². The van der Waals surface area contributed by atoms with Crippen LogP contribution in [0, 0.1) is 0 Å². The van der Waals surface area contributed by atoms with Gasteiger partial charge in [-0.15, -0.1) is 0 Å². The predicted molar refractivity (Wildman–Crippen MR) is 68.7 cm³/mol. The van der Waals surface area contributed by atoms with E-state index in [4.69, 9.17) is 0 Å². The van der Waals surface area contributed by atoms with E-state index in [1.807, 2.05) is 60.7 Å². The summed E-state index contributed by atoms with van der Waals surface area (Å²) in [5, 5.41) is 1.66. The van der Waals surface area contributed by atoms with Gasteiger partial charge in [0.25, 0.3) is 0 Å². The lowest BCUT2D eigenvalue weighted by Crippen LogP contribution is -2.10. The Kier molecular flexibility index (Phi) is 3.08. The van der Waals surface area contributed by atoms with E-state index in [0.717, 1.165) is 10.6 Å². The zero-order valence-corrected chi connectivity index (χ0v) is 10.5. The Balaban J connectivity index is 2.50. The van der Waals surface area contributed by atoms with Gasteiger partial charge in [0.15, 0.2) is 0 Å². The fourth-order valence-corrected chi connectivity index (χ4v) is 4.22. The summed E-state index contributed by atoms with van der Waals surface area (Å²) >= 11 is 3.35. The number of benzene rings is 2. The van der Waals surface area contributed by atoms with Gasteiger partial charge in [-0.05, 0) is 15.5 Å². The number of rotatable bonds is 2. The maximum Gasteiger partial charge on any atom is 0.203 e. The van der Waals surface area contributed by atoms with Crippen LogP contribution in [0.2, 0.25) is 0 Å². The van der Waals surface area contributed by atoms with Crippen molar-refractivity contribution >= 4 is 31.9 Å². The van der Waals surface area contributed by atoms with Gasteiger partial charge in [-0.25, -0.2) is 0 Å². The molecule has 0 N–H and O–H groups in total. The molecule has 0 bridgehead atoms.